The minimum Gasteiger partial charge on any atom is -0.453 e. The van der Waals surface area contributed by atoms with Crippen LogP contribution < -0.4 is 15.4 Å². The molecule has 1 aromatic carbocycles. The molecule has 2 atom stereocenters. The van der Waals surface area contributed by atoms with Crippen molar-refractivity contribution in [2.24, 2.45) is 5.92 Å². The zero-order valence-electron chi connectivity index (χ0n) is 15.8. The Hall–Kier alpha value is -3.11. The number of amides is 3. The lowest BCUT2D eigenvalue weighted by Gasteiger charge is -2.19. The third kappa shape index (κ3) is 3.17. The molecule has 10 heteroatoms. The van der Waals surface area contributed by atoms with E-state index in [0.29, 0.717) is 36.4 Å². The fourth-order valence-electron chi connectivity index (χ4n) is 4.17. The number of rotatable bonds is 5. The molecule has 30 heavy (non-hydrogen) atoms. The molecule has 156 valence electrons. The number of carbonyl (C=O) groups is 2. The third-order valence-electron chi connectivity index (χ3n) is 5.71. The van der Waals surface area contributed by atoms with E-state index in [4.69, 9.17) is 8.83 Å². The molecule has 1 spiro atoms. The molecule has 3 amide bonds. The SMILES string of the molecule is O=C1NC(=O)C2(CCC(CNS(=O)(=O)c3ccc(-c4cc5ccccc5o4)o3)C2)N1. The Morgan fingerprint density at radius 3 is 2.70 bits per heavy atom. The molecule has 0 radical (unpaired) electrons. The van der Waals surface area contributed by atoms with Crippen molar-refractivity contribution in [1.82, 2.24) is 15.4 Å². The molecule has 5 rings (SSSR count). The van der Waals surface area contributed by atoms with Gasteiger partial charge in [-0.1, -0.05) is 18.2 Å². The summed E-state index contributed by atoms with van der Waals surface area (Å²) in [4.78, 5) is 23.4. The summed E-state index contributed by atoms with van der Waals surface area (Å²) in [6, 6.07) is 11.7. The van der Waals surface area contributed by atoms with Gasteiger partial charge in [-0.2, -0.15) is 0 Å². The number of furan rings is 2. The summed E-state index contributed by atoms with van der Waals surface area (Å²) < 4.78 is 39.1. The van der Waals surface area contributed by atoms with Crippen molar-refractivity contribution in [3.63, 3.8) is 0 Å². The summed E-state index contributed by atoms with van der Waals surface area (Å²) in [7, 11) is -3.87. The minimum absolute atomic E-state index is 0.0752. The summed E-state index contributed by atoms with van der Waals surface area (Å²) in [6.45, 7) is 0.147. The molecule has 3 aromatic rings. The zero-order chi connectivity index (χ0) is 20.9. The zero-order valence-corrected chi connectivity index (χ0v) is 16.6. The molecule has 3 N–H and O–H groups in total. The molecule has 1 aliphatic carbocycles. The molecule has 0 bridgehead atoms. The largest absolute Gasteiger partial charge is 0.453 e. The number of fused-ring (bicyclic) bond motifs is 1. The number of sulfonamides is 1. The van der Waals surface area contributed by atoms with E-state index in [1.807, 2.05) is 24.3 Å². The van der Waals surface area contributed by atoms with Crippen LogP contribution in [-0.4, -0.2) is 32.4 Å². The van der Waals surface area contributed by atoms with Gasteiger partial charge in [0.15, 0.2) is 11.5 Å². The summed E-state index contributed by atoms with van der Waals surface area (Å²) in [6.07, 6.45) is 1.49. The number of benzene rings is 1. The van der Waals surface area contributed by atoms with E-state index >= 15 is 0 Å². The van der Waals surface area contributed by atoms with E-state index < -0.39 is 21.6 Å². The van der Waals surface area contributed by atoms with Gasteiger partial charge < -0.3 is 14.2 Å². The van der Waals surface area contributed by atoms with Crippen molar-refractivity contribution in [2.75, 3.05) is 6.54 Å². The molecule has 2 unspecified atom stereocenters. The number of hydrogen-bond donors (Lipinski definition) is 3. The van der Waals surface area contributed by atoms with Gasteiger partial charge >= 0.3 is 6.03 Å². The quantitative estimate of drug-likeness (QED) is 0.534. The fraction of sp³-hybridized carbons (Fsp3) is 0.300. The molecule has 2 aliphatic rings. The van der Waals surface area contributed by atoms with Gasteiger partial charge in [-0.05, 0) is 49.4 Å². The highest BCUT2D eigenvalue weighted by Crippen LogP contribution is 2.36. The predicted molar refractivity (Wildman–Crippen MR) is 106 cm³/mol. The predicted octanol–water partition coefficient (Wildman–Crippen LogP) is 2.35. The van der Waals surface area contributed by atoms with Crippen LogP contribution in [0.4, 0.5) is 4.79 Å². The fourth-order valence-corrected chi connectivity index (χ4v) is 5.21. The van der Waals surface area contributed by atoms with E-state index in [2.05, 4.69) is 15.4 Å². The monoisotopic (exact) mass is 429 g/mol. The Labute approximate surface area is 171 Å². The maximum absolute atomic E-state index is 12.7. The number of imide groups is 1. The molecule has 9 nitrogen and oxygen atoms in total. The molecular weight excluding hydrogens is 410 g/mol. The normalized spacial score (nSPS) is 23.9. The van der Waals surface area contributed by atoms with Crippen LogP contribution in [0.5, 0.6) is 0 Å². The first-order valence-corrected chi connectivity index (χ1v) is 11.1. The summed E-state index contributed by atoms with van der Waals surface area (Å²) in [5.41, 5.74) is -0.239. The van der Waals surface area contributed by atoms with Crippen LogP contribution in [-0.2, 0) is 14.8 Å². The van der Waals surface area contributed by atoms with Crippen LogP contribution in [0.25, 0.3) is 22.5 Å². The molecule has 2 aromatic heterocycles. The number of urea groups is 1. The maximum atomic E-state index is 12.7. The average molecular weight is 429 g/mol. The van der Waals surface area contributed by atoms with Crippen LogP contribution in [0, 0.1) is 5.92 Å². The minimum atomic E-state index is -3.87. The molecule has 1 saturated carbocycles. The number of carbonyl (C=O) groups excluding carboxylic acids is 2. The van der Waals surface area contributed by atoms with Crippen molar-refractivity contribution >= 4 is 32.9 Å². The van der Waals surface area contributed by atoms with Crippen molar-refractivity contribution in [1.29, 1.82) is 0 Å². The molecule has 1 saturated heterocycles. The van der Waals surface area contributed by atoms with Gasteiger partial charge in [-0.15, -0.1) is 0 Å². The van der Waals surface area contributed by atoms with Gasteiger partial charge in [0, 0.05) is 11.9 Å². The lowest BCUT2D eigenvalue weighted by molar-refractivity contribution is -0.123. The highest BCUT2D eigenvalue weighted by atomic mass is 32.2. The molecule has 3 heterocycles. The Bertz CT molecular complexity index is 1230. The van der Waals surface area contributed by atoms with Gasteiger partial charge in [-0.3, -0.25) is 10.1 Å². The first-order valence-electron chi connectivity index (χ1n) is 9.57. The topological polar surface area (TPSA) is 131 Å². The van der Waals surface area contributed by atoms with E-state index in [0.717, 1.165) is 5.39 Å². The number of nitrogens with one attached hydrogen (secondary N) is 3. The van der Waals surface area contributed by atoms with Gasteiger partial charge in [0.05, 0.1) is 0 Å². The smallest absolute Gasteiger partial charge is 0.322 e. The van der Waals surface area contributed by atoms with Crippen molar-refractivity contribution < 1.29 is 26.8 Å². The number of para-hydroxylation sites is 1. The lowest BCUT2D eigenvalue weighted by atomic mass is 9.96. The van der Waals surface area contributed by atoms with E-state index in [-0.39, 0.29) is 23.5 Å². The molecule has 2 fully saturated rings. The van der Waals surface area contributed by atoms with Crippen LogP contribution in [0.15, 0.2) is 56.4 Å². The third-order valence-corrected chi connectivity index (χ3v) is 7.00. The van der Waals surface area contributed by atoms with E-state index in [1.54, 1.807) is 12.1 Å². The van der Waals surface area contributed by atoms with Gasteiger partial charge in [0.25, 0.3) is 15.9 Å². The second-order valence-corrected chi connectivity index (χ2v) is 9.42. The lowest BCUT2D eigenvalue weighted by Crippen LogP contribution is -2.44. The Morgan fingerprint density at radius 2 is 1.93 bits per heavy atom. The summed E-state index contributed by atoms with van der Waals surface area (Å²) in [5.74, 6) is 0.336. The highest BCUT2D eigenvalue weighted by molar-refractivity contribution is 7.89. The van der Waals surface area contributed by atoms with Gasteiger partial charge in [0.2, 0.25) is 5.09 Å². The Balaban J connectivity index is 1.27. The highest BCUT2D eigenvalue weighted by Gasteiger charge is 2.50. The molecular formula is C20H19N3O6S. The second-order valence-electron chi connectivity index (χ2n) is 7.72. The maximum Gasteiger partial charge on any atom is 0.322 e. The molecule has 1 aliphatic heterocycles. The van der Waals surface area contributed by atoms with Crippen molar-refractivity contribution in [3.05, 3.63) is 42.5 Å². The standard InChI is InChI=1S/C20H19N3O6S/c24-18-20(23-19(25)22-18)8-7-12(10-20)11-21-30(26,27)17-6-5-15(29-17)16-9-13-3-1-2-4-14(13)28-16/h1-6,9,12,21H,7-8,10-11H2,(H2,22,23,24,25). The van der Waals surface area contributed by atoms with Gasteiger partial charge in [-0.25, -0.2) is 17.9 Å². The van der Waals surface area contributed by atoms with Crippen LogP contribution in [0.1, 0.15) is 19.3 Å². The van der Waals surface area contributed by atoms with Crippen molar-refractivity contribution in [3.8, 4) is 11.5 Å². The summed E-state index contributed by atoms with van der Waals surface area (Å²) >= 11 is 0. The summed E-state index contributed by atoms with van der Waals surface area (Å²) in [5, 5.41) is 5.59. The first kappa shape index (κ1) is 18.9. The van der Waals surface area contributed by atoms with Crippen LogP contribution in [0.3, 0.4) is 0 Å². The Morgan fingerprint density at radius 1 is 1.10 bits per heavy atom. The van der Waals surface area contributed by atoms with Crippen LogP contribution >= 0.6 is 0 Å². The van der Waals surface area contributed by atoms with E-state index in [1.165, 1.54) is 6.07 Å². The Kier molecular flexibility index (Phi) is 4.23. The van der Waals surface area contributed by atoms with Crippen molar-refractivity contribution in [2.45, 2.75) is 29.9 Å². The average Bonchev–Trinajstić information content (AvgIpc) is 3.47. The van der Waals surface area contributed by atoms with Gasteiger partial charge in [0.1, 0.15) is 11.1 Å². The van der Waals surface area contributed by atoms with E-state index in [9.17, 15) is 18.0 Å². The number of hydrogen-bond acceptors (Lipinski definition) is 6. The first-order chi connectivity index (χ1) is 14.3. The second kappa shape index (κ2) is 6.71. The van der Waals surface area contributed by atoms with Crippen LogP contribution in [0.2, 0.25) is 0 Å².